The van der Waals surface area contributed by atoms with Gasteiger partial charge in [-0.25, -0.2) is 0 Å². The maximum atomic E-state index is 13.0. The Balaban J connectivity index is 2.29. The normalized spacial score (nSPS) is 26.3. The molecule has 1 saturated carbocycles. The molecule has 110 valence electrons. The molecule has 0 bridgehead atoms. The molecule has 0 aromatic heterocycles. The Morgan fingerprint density at radius 3 is 2.55 bits per heavy atom. The van der Waals surface area contributed by atoms with Crippen LogP contribution in [0.3, 0.4) is 0 Å². The van der Waals surface area contributed by atoms with E-state index in [0.29, 0.717) is 12.5 Å². The zero-order valence-electron chi connectivity index (χ0n) is 12.7. The number of Topliss-reactive ketones (excluding diaryl/α,β-unsaturated/α-hetero) is 1. The number of nitrogens with two attached hydrogens (primary N) is 1. The van der Waals surface area contributed by atoms with E-state index in [1.807, 2.05) is 25.1 Å². The lowest BCUT2D eigenvalue weighted by atomic mass is 9.66. The molecule has 0 radical (unpaired) electrons. The average molecular weight is 275 g/mol. The molecule has 0 unspecified atom stereocenters. The van der Waals surface area contributed by atoms with Crippen LogP contribution in [0.5, 0.6) is 5.75 Å². The largest absolute Gasteiger partial charge is 0.497 e. The van der Waals surface area contributed by atoms with E-state index < -0.39 is 0 Å². The van der Waals surface area contributed by atoms with Gasteiger partial charge in [0.15, 0.2) is 5.78 Å². The van der Waals surface area contributed by atoms with Crippen molar-refractivity contribution in [3.63, 3.8) is 0 Å². The highest BCUT2D eigenvalue weighted by Gasteiger charge is 2.40. The zero-order valence-corrected chi connectivity index (χ0v) is 12.7. The number of carbonyl (C=O) groups is 1. The number of benzene rings is 1. The van der Waals surface area contributed by atoms with Crippen LogP contribution in [0.1, 0.15) is 48.5 Å². The van der Waals surface area contributed by atoms with Crippen LogP contribution in [-0.2, 0) is 0 Å². The molecule has 3 heteroatoms. The lowest BCUT2D eigenvalue weighted by Crippen LogP contribution is -2.41. The van der Waals surface area contributed by atoms with Gasteiger partial charge in [0, 0.05) is 17.5 Å². The minimum atomic E-state index is -0.355. The summed E-state index contributed by atoms with van der Waals surface area (Å²) in [5.41, 5.74) is 7.40. The molecule has 0 spiro atoms. The van der Waals surface area contributed by atoms with Crippen molar-refractivity contribution in [3.05, 3.63) is 29.3 Å². The summed E-state index contributed by atoms with van der Waals surface area (Å²) in [5, 5.41) is 0. The van der Waals surface area contributed by atoms with E-state index in [1.54, 1.807) is 7.11 Å². The number of carbonyl (C=O) groups excluding carboxylic acids is 1. The topological polar surface area (TPSA) is 52.3 Å². The van der Waals surface area contributed by atoms with Crippen molar-refractivity contribution in [1.82, 2.24) is 0 Å². The molecule has 1 aromatic carbocycles. The van der Waals surface area contributed by atoms with Crippen LogP contribution < -0.4 is 10.5 Å². The molecule has 0 aliphatic heterocycles. The van der Waals surface area contributed by atoms with E-state index in [2.05, 4.69) is 6.92 Å². The first kappa shape index (κ1) is 15.0. The molecule has 20 heavy (non-hydrogen) atoms. The predicted octanol–water partition coefficient (Wildman–Crippen LogP) is 3.34. The molecule has 2 rings (SSSR count). The number of aryl methyl sites for hydroxylation is 1. The maximum absolute atomic E-state index is 13.0. The van der Waals surface area contributed by atoms with E-state index in [-0.39, 0.29) is 11.2 Å². The highest BCUT2D eigenvalue weighted by molar-refractivity contribution is 6.02. The minimum Gasteiger partial charge on any atom is -0.497 e. The van der Waals surface area contributed by atoms with E-state index >= 15 is 0 Å². The van der Waals surface area contributed by atoms with Crippen LogP contribution in [0, 0.1) is 18.3 Å². The van der Waals surface area contributed by atoms with E-state index in [0.717, 1.165) is 42.6 Å². The quantitative estimate of drug-likeness (QED) is 0.857. The summed E-state index contributed by atoms with van der Waals surface area (Å²) in [4.78, 5) is 13.0. The van der Waals surface area contributed by atoms with Crippen molar-refractivity contribution >= 4 is 5.78 Å². The molecule has 1 fully saturated rings. The lowest BCUT2D eigenvalue weighted by Gasteiger charge is -2.37. The first-order valence-corrected chi connectivity index (χ1v) is 7.42. The van der Waals surface area contributed by atoms with Crippen molar-refractivity contribution in [2.45, 2.75) is 39.5 Å². The number of rotatable bonds is 4. The monoisotopic (exact) mass is 275 g/mol. The van der Waals surface area contributed by atoms with Gasteiger partial charge < -0.3 is 10.5 Å². The fourth-order valence-corrected chi connectivity index (χ4v) is 3.14. The summed E-state index contributed by atoms with van der Waals surface area (Å²) in [6.07, 6.45) is 4.01. The van der Waals surface area contributed by atoms with E-state index in [1.165, 1.54) is 0 Å². The zero-order chi connectivity index (χ0) is 14.8. The Labute approximate surface area is 121 Å². The number of ketones is 1. The standard InChI is InChI=1S/C17H25NO2/c1-12-6-8-17(11-18,9-7-12)16(19)15-5-4-14(20-3)10-13(15)2/h4-5,10,12H,6-9,11,18H2,1-3H3. The molecule has 1 aliphatic rings. The van der Waals surface area contributed by atoms with Gasteiger partial charge in [0.2, 0.25) is 0 Å². The Morgan fingerprint density at radius 1 is 1.40 bits per heavy atom. The summed E-state index contributed by atoms with van der Waals surface area (Å²) in [7, 11) is 1.64. The fraction of sp³-hybridized carbons (Fsp3) is 0.588. The summed E-state index contributed by atoms with van der Waals surface area (Å²) in [6.45, 7) is 4.67. The molecular weight excluding hydrogens is 250 g/mol. The molecule has 3 nitrogen and oxygen atoms in total. The second kappa shape index (κ2) is 5.96. The molecule has 0 atom stereocenters. The number of ether oxygens (including phenoxy) is 1. The van der Waals surface area contributed by atoms with Crippen LogP contribution in [0.2, 0.25) is 0 Å². The lowest BCUT2D eigenvalue weighted by molar-refractivity contribution is 0.0694. The first-order chi connectivity index (χ1) is 9.52. The highest BCUT2D eigenvalue weighted by atomic mass is 16.5. The maximum Gasteiger partial charge on any atom is 0.170 e. The molecule has 1 aliphatic carbocycles. The third kappa shape index (κ3) is 2.73. The first-order valence-electron chi connectivity index (χ1n) is 7.42. The number of hydrogen-bond donors (Lipinski definition) is 1. The van der Waals surface area contributed by atoms with Gasteiger partial charge in [-0.15, -0.1) is 0 Å². The van der Waals surface area contributed by atoms with Crippen LogP contribution >= 0.6 is 0 Å². The van der Waals surface area contributed by atoms with Gasteiger partial charge in [0.1, 0.15) is 5.75 Å². The fourth-order valence-electron chi connectivity index (χ4n) is 3.14. The summed E-state index contributed by atoms with van der Waals surface area (Å²) < 4.78 is 5.20. The Morgan fingerprint density at radius 2 is 2.05 bits per heavy atom. The van der Waals surface area contributed by atoms with Gasteiger partial charge >= 0.3 is 0 Å². The van der Waals surface area contributed by atoms with E-state index in [9.17, 15) is 4.79 Å². The van der Waals surface area contributed by atoms with Crippen molar-refractivity contribution in [3.8, 4) is 5.75 Å². The van der Waals surface area contributed by atoms with Crippen LogP contribution in [-0.4, -0.2) is 19.4 Å². The molecule has 1 aromatic rings. The third-order valence-corrected chi connectivity index (χ3v) is 4.78. The molecule has 0 saturated heterocycles. The van der Waals surface area contributed by atoms with Gasteiger partial charge in [-0.1, -0.05) is 6.92 Å². The highest BCUT2D eigenvalue weighted by Crippen LogP contribution is 2.41. The summed E-state index contributed by atoms with van der Waals surface area (Å²) in [6, 6.07) is 5.66. The van der Waals surface area contributed by atoms with Gasteiger partial charge in [0.05, 0.1) is 7.11 Å². The number of hydrogen-bond acceptors (Lipinski definition) is 3. The van der Waals surface area contributed by atoms with Gasteiger partial charge in [-0.05, 0) is 62.3 Å². The average Bonchev–Trinajstić information content (AvgIpc) is 2.47. The SMILES string of the molecule is COc1ccc(C(=O)C2(CN)CCC(C)CC2)c(C)c1. The summed E-state index contributed by atoms with van der Waals surface area (Å²) >= 11 is 0. The second-order valence-electron chi connectivity index (χ2n) is 6.18. The van der Waals surface area contributed by atoms with Gasteiger partial charge in [-0.2, -0.15) is 0 Å². The van der Waals surface area contributed by atoms with Gasteiger partial charge in [-0.3, -0.25) is 4.79 Å². The van der Waals surface area contributed by atoms with Gasteiger partial charge in [0.25, 0.3) is 0 Å². The smallest absolute Gasteiger partial charge is 0.170 e. The molecule has 0 amide bonds. The minimum absolute atomic E-state index is 0.215. The summed E-state index contributed by atoms with van der Waals surface area (Å²) in [5.74, 6) is 1.71. The predicted molar refractivity (Wildman–Crippen MR) is 81.2 cm³/mol. The van der Waals surface area contributed by atoms with Crippen molar-refractivity contribution in [2.75, 3.05) is 13.7 Å². The molecule has 0 heterocycles. The number of methoxy groups -OCH3 is 1. The van der Waals surface area contributed by atoms with E-state index in [4.69, 9.17) is 10.5 Å². The Kier molecular flexibility index (Phi) is 4.48. The second-order valence-corrected chi connectivity index (χ2v) is 6.18. The Hall–Kier alpha value is -1.35. The molecule has 2 N–H and O–H groups in total. The Bertz CT molecular complexity index is 488. The molecular formula is C17H25NO2. The third-order valence-electron chi connectivity index (χ3n) is 4.78. The van der Waals surface area contributed by atoms with Crippen LogP contribution in [0.15, 0.2) is 18.2 Å². The van der Waals surface area contributed by atoms with Crippen molar-refractivity contribution in [1.29, 1.82) is 0 Å². The van der Waals surface area contributed by atoms with Crippen LogP contribution in [0.25, 0.3) is 0 Å². The van der Waals surface area contributed by atoms with Crippen LogP contribution in [0.4, 0.5) is 0 Å². The van der Waals surface area contributed by atoms with Crippen molar-refractivity contribution < 1.29 is 9.53 Å². The van der Waals surface area contributed by atoms with Crippen molar-refractivity contribution in [2.24, 2.45) is 17.1 Å².